The van der Waals surface area contributed by atoms with Crippen molar-refractivity contribution in [1.29, 1.82) is 0 Å². The molecule has 1 saturated heterocycles. The molecule has 1 N–H and O–H groups in total. The number of carbonyl (C=O) groups is 1. The number of methoxy groups -OCH3 is 3. The van der Waals surface area contributed by atoms with Crippen LogP contribution in [0.5, 0.6) is 17.2 Å². The van der Waals surface area contributed by atoms with Crippen molar-refractivity contribution in [3.05, 3.63) is 53.6 Å². The maximum Gasteiger partial charge on any atom is 0.234 e. The smallest absolute Gasteiger partial charge is 0.234 e. The van der Waals surface area contributed by atoms with Crippen LogP contribution in [0.4, 0.5) is 0 Å². The van der Waals surface area contributed by atoms with Crippen LogP contribution >= 0.6 is 0 Å². The van der Waals surface area contributed by atoms with Crippen molar-refractivity contribution in [1.82, 2.24) is 10.2 Å². The van der Waals surface area contributed by atoms with Gasteiger partial charge in [0.2, 0.25) is 5.91 Å². The van der Waals surface area contributed by atoms with Crippen molar-refractivity contribution in [3.63, 3.8) is 0 Å². The van der Waals surface area contributed by atoms with Gasteiger partial charge in [-0.05, 0) is 55.6 Å². The highest BCUT2D eigenvalue weighted by molar-refractivity contribution is 5.78. The van der Waals surface area contributed by atoms with Gasteiger partial charge >= 0.3 is 0 Å². The van der Waals surface area contributed by atoms with Gasteiger partial charge in [0.25, 0.3) is 0 Å². The zero-order valence-corrected chi connectivity index (χ0v) is 17.4. The molecule has 1 amide bonds. The van der Waals surface area contributed by atoms with Gasteiger partial charge in [0, 0.05) is 18.2 Å². The summed E-state index contributed by atoms with van der Waals surface area (Å²) in [4.78, 5) is 14.8. The third kappa shape index (κ3) is 5.21. The van der Waals surface area contributed by atoms with Gasteiger partial charge in [0.1, 0.15) is 17.2 Å². The van der Waals surface area contributed by atoms with Crippen LogP contribution in [-0.2, 0) is 11.2 Å². The molecule has 0 aromatic heterocycles. The molecule has 3 rings (SSSR count). The zero-order chi connectivity index (χ0) is 20.6. The van der Waals surface area contributed by atoms with E-state index in [0.717, 1.165) is 54.2 Å². The summed E-state index contributed by atoms with van der Waals surface area (Å²) in [5, 5.41) is 3.04. The minimum atomic E-state index is 0.0358. The lowest BCUT2D eigenvalue weighted by Gasteiger charge is -2.26. The van der Waals surface area contributed by atoms with Gasteiger partial charge < -0.3 is 19.5 Å². The summed E-state index contributed by atoms with van der Waals surface area (Å²) in [6.45, 7) is 1.85. The van der Waals surface area contributed by atoms with Crippen LogP contribution < -0.4 is 19.5 Å². The fraction of sp³-hybridized carbons (Fsp3) is 0.435. The number of hydrogen-bond donors (Lipinski definition) is 1. The minimum Gasteiger partial charge on any atom is -0.497 e. The van der Waals surface area contributed by atoms with Crippen LogP contribution in [0.25, 0.3) is 0 Å². The van der Waals surface area contributed by atoms with E-state index in [2.05, 4.69) is 10.2 Å². The van der Waals surface area contributed by atoms with Gasteiger partial charge in [-0.1, -0.05) is 18.2 Å². The molecule has 1 heterocycles. The molecule has 0 radical (unpaired) electrons. The monoisotopic (exact) mass is 398 g/mol. The van der Waals surface area contributed by atoms with Crippen molar-refractivity contribution in [2.75, 3.05) is 41.0 Å². The summed E-state index contributed by atoms with van der Waals surface area (Å²) in [5.74, 6) is 2.52. The van der Waals surface area contributed by atoms with Crippen molar-refractivity contribution in [3.8, 4) is 17.2 Å². The van der Waals surface area contributed by atoms with E-state index in [4.69, 9.17) is 14.2 Å². The topological polar surface area (TPSA) is 60.0 Å². The van der Waals surface area contributed by atoms with E-state index in [-0.39, 0.29) is 11.9 Å². The first-order valence-corrected chi connectivity index (χ1v) is 10.0. The molecule has 0 spiro atoms. The molecule has 0 bridgehead atoms. The SMILES string of the molecule is COc1ccc(OC)c([C@H]2CCCN2CC(=O)NCCc2ccccc2OC)c1. The molecular weight excluding hydrogens is 368 g/mol. The van der Waals surface area contributed by atoms with E-state index in [1.54, 1.807) is 21.3 Å². The van der Waals surface area contributed by atoms with Crippen LogP contribution in [-0.4, -0.2) is 51.8 Å². The normalized spacial score (nSPS) is 16.4. The number of carbonyl (C=O) groups excluding carboxylic acids is 1. The number of amides is 1. The van der Waals surface area contributed by atoms with E-state index in [9.17, 15) is 4.79 Å². The van der Waals surface area contributed by atoms with Crippen molar-refractivity contribution >= 4 is 5.91 Å². The lowest BCUT2D eigenvalue weighted by Crippen LogP contribution is -2.37. The Morgan fingerprint density at radius 1 is 1.07 bits per heavy atom. The first kappa shape index (κ1) is 21.0. The molecule has 0 unspecified atom stereocenters. The Kier molecular flexibility index (Phi) is 7.36. The summed E-state index contributed by atoms with van der Waals surface area (Å²) in [7, 11) is 5.00. The number of benzene rings is 2. The lowest BCUT2D eigenvalue weighted by atomic mass is 10.0. The summed E-state index contributed by atoms with van der Waals surface area (Å²) in [6.07, 6.45) is 2.79. The molecule has 29 heavy (non-hydrogen) atoms. The Hall–Kier alpha value is -2.73. The second-order valence-corrected chi connectivity index (χ2v) is 7.15. The summed E-state index contributed by atoms with van der Waals surface area (Å²) in [5.41, 5.74) is 2.17. The minimum absolute atomic E-state index is 0.0358. The molecule has 1 fully saturated rings. The fourth-order valence-corrected chi connectivity index (χ4v) is 3.95. The molecule has 1 atom stereocenters. The molecule has 1 aliphatic rings. The Morgan fingerprint density at radius 3 is 2.62 bits per heavy atom. The predicted molar refractivity (Wildman–Crippen MR) is 113 cm³/mol. The maximum absolute atomic E-state index is 12.6. The largest absolute Gasteiger partial charge is 0.497 e. The van der Waals surface area contributed by atoms with Crippen LogP contribution in [0.2, 0.25) is 0 Å². The maximum atomic E-state index is 12.6. The number of rotatable bonds is 9. The van der Waals surface area contributed by atoms with Crippen molar-refractivity contribution < 1.29 is 19.0 Å². The van der Waals surface area contributed by atoms with Crippen LogP contribution in [0.3, 0.4) is 0 Å². The fourth-order valence-electron chi connectivity index (χ4n) is 3.95. The number of hydrogen-bond acceptors (Lipinski definition) is 5. The van der Waals surface area contributed by atoms with Gasteiger partial charge in [-0.15, -0.1) is 0 Å². The molecule has 2 aromatic rings. The third-order valence-corrected chi connectivity index (χ3v) is 5.42. The number of nitrogens with zero attached hydrogens (tertiary/aromatic N) is 1. The van der Waals surface area contributed by atoms with Gasteiger partial charge in [-0.2, -0.15) is 0 Å². The standard InChI is InChI=1S/C23H30N2O4/c1-27-18-10-11-22(29-3)19(15-18)20-8-6-14-25(20)16-23(26)24-13-12-17-7-4-5-9-21(17)28-2/h4-5,7,9-11,15,20H,6,8,12-14,16H2,1-3H3,(H,24,26)/t20-/m1/s1. The van der Waals surface area contributed by atoms with Gasteiger partial charge in [-0.25, -0.2) is 0 Å². The third-order valence-electron chi connectivity index (χ3n) is 5.42. The lowest BCUT2D eigenvalue weighted by molar-refractivity contribution is -0.122. The van der Waals surface area contributed by atoms with E-state index >= 15 is 0 Å². The van der Waals surface area contributed by atoms with E-state index in [1.807, 2.05) is 42.5 Å². The summed E-state index contributed by atoms with van der Waals surface area (Å²) >= 11 is 0. The molecule has 156 valence electrons. The number of ether oxygens (including phenoxy) is 3. The van der Waals surface area contributed by atoms with Gasteiger partial charge in [0.05, 0.1) is 27.9 Å². The number of likely N-dealkylation sites (tertiary alicyclic amines) is 1. The van der Waals surface area contributed by atoms with Gasteiger partial charge in [0.15, 0.2) is 0 Å². The molecule has 6 nitrogen and oxygen atoms in total. The second kappa shape index (κ2) is 10.2. The summed E-state index contributed by atoms with van der Waals surface area (Å²) in [6, 6.07) is 13.9. The van der Waals surface area contributed by atoms with E-state index in [0.29, 0.717) is 13.1 Å². The quantitative estimate of drug-likeness (QED) is 0.703. The van der Waals surface area contributed by atoms with Gasteiger partial charge in [-0.3, -0.25) is 9.69 Å². The first-order chi connectivity index (χ1) is 14.2. The molecule has 2 aromatic carbocycles. The van der Waals surface area contributed by atoms with Crippen LogP contribution in [0, 0.1) is 0 Å². The zero-order valence-electron chi connectivity index (χ0n) is 17.4. The molecule has 0 aliphatic carbocycles. The van der Waals surface area contributed by atoms with Crippen molar-refractivity contribution in [2.24, 2.45) is 0 Å². The van der Waals surface area contributed by atoms with Crippen LogP contribution in [0.15, 0.2) is 42.5 Å². The number of nitrogens with one attached hydrogen (secondary N) is 1. The molecule has 0 saturated carbocycles. The summed E-state index contributed by atoms with van der Waals surface area (Å²) < 4.78 is 16.3. The Bertz CT molecular complexity index is 824. The Balaban J connectivity index is 1.59. The number of para-hydroxylation sites is 1. The second-order valence-electron chi connectivity index (χ2n) is 7.15. The highest BCUT2D eigenvalue weighted by atomic mass is 16.5. The Morgan fingerprint density at radius 2 is 1.86 bits per heavy atom. The van der Waals surface area contributed by atoms with E-state index in [1.165, 1.54) is 0 Å². The first-order valence-electron chi connectivity index (χ1n) is 10.0. The Labute approximate surface area is 172 Å². The van der Waals surface area contributed by atoms with E-state index < -0.39 is 0 Å². The molecule has 1 aliphatic heterocycles. The predicted octanol–water partition coefficient (Wildman–Crippen LogP) is 3.21. The average Bonchev–Trinajstić information content (AvgIpc) is 3.21. The van der Waals surface area contributed by atoms with Crippen LogP contribution in [0.1, 0.15) is 30.0 Å². The molecular formula is C23H30N2O4. The van der Waals surface area contributed by atoms with Crippen molar-refractivity contribution in [2.45, 2.75) is 25.3 Å². The average molecular weight is 399 g/mol. The highest BCUT2D eigenvalue weighted by Crippen LogP contribution is 2.38. The highest BCUT2D eigenvalue weighted by Gasteiger charge is 2.30. The molecule has 6 heteroatoms.